The first-order chi connectivity index (χ1) is 12.7. The number of ether oxygens (including phenoxy) is 1. The zero-order valence-corrected chi connectivity index (χ0v) is 15.3. The number of carbonyl (C=O) groups is 1. The number of hydrogen-bond acceptors (Lipinski definition) is 6. The second-order valence-corrected chi connectivity index (χ2v) is 6.95. The van der Waals surface area contributed by atoms with Crippen LogP contribution in [0.15, 0.2) is 64.0 Å². The van der Waals surface area contributed by atoms with Crippen molar-refractivity contribution in [1.82, 2.24) is 15.5 Å². The van der Waals surface area contributed by atoms with Gasteiger partial charge in [0.15, 0.2) is 0 Å². The summed E-state index contributed by atoms with van der Waals surface area (Å²) in [6.45, 7) is 2.05. The van der Waals surface area contributed by atoms with Crippen molar-refractivity contribution in [3.63, 3.8) is 0 Å². The Hall–Kier alpha value is -2.80. The van der Waals surface area contributed by atoms with Gasteiger partial charge >= 0.3 is 0 Å². The van der Waals surface area contributed by atoms with Crippen molar-refractivity contribution in [2.75, 3.05) is 7.11 Å². The van der Waals surface area contributed by atoms with E-state index in [-0.39, 0.29) is 17.7 Å². The molecular weight excluding hydrogens is 350 g/mol. The van der Waals surface area contributed by atoms with Gasteiger partial charge in [-0.3, -0.25) is 4.79 Å². The Morgan fingerprint density at radius 2 is 2.04 bits per heavy atom. The van der Waals surface area contributed by atoms with Gasteiger partial charge in [0.05, 0.1) is 18.9 Å². The number of rotatable bonds is 7. The molecule has 0 saturated carbocycles. The van der Waals surface area contributed by atoms with Crippen LogP contribution in [0.3, 0.4) is 0 Å². The number of methoxy groups -OCH3 is 1. The van der Waals surface area contributed by atoms with Crippen molar-refractivity contribution in [3.8, 4) is 17.1 Å². The molecule has 1 aromatic heterocycles. The van der Waals surface area contributed by atoms with Gasteiger partial charge < -0.3 is 14.6 Å². The number of benzene rings is 2. The normalized spacial score (nSPS) is 11.8. The van der Waals surface area contributed by atoms with E-state index in [9.17, 15) is 4.79 Å². The summed E-state index contributed by atoms with van der Waals surface area (Å²) in [6, 6.07) is 17.2. The van der Waals surface area contributed by atoms with Gasteiger partial charge in [-0.2, -0.15) is 4.98 Å². The molecule has 0 fully saturated rings. The molecule has 26 heavy (non-hydrogen) atoms. The first-order valence-corrected chi connectivity index (χ1v) is 9.00. The van der Waals surface area contributed by atoms with Crippen LogP contribution in [-0.2, 0) is 11.3 Å². The van der Waals surface area contributed by atoms with Crippen molar-refractivity contribution < 1.29 is 14.1 Å². The third-order valence-electron chi connectivity index (χ3n) is 3.64. The minimum absolute atomic E-state index is 0.0833. The van der Waals surface area contributed by atoms with Gasteiger partial charge in [-0.1, -0.05) is 35.5 Å². The van der Waals surface area contributed by atoms with Crippen molar-refractivity contribution in [1.29, 1.82) is 0 Å². The third-order valence-corrected chi connectivity index (χ3v) is 4.75. The fourth-order valence-electron chi connectivity index (χ4n) is 2.27. The molecule has 0 spiro atoms. The fraction of sp³-hybridized carbons (Fsp3) is 0.211. The molecule has 0 saturated heterocycles. The predicted octanol–water partition coefficient (Wildman–Crippen LogP) is 3.54. The maximum Gasteiger partial charge on any atom is 0.246 e. The second-order valence-electron chi connectivity index (χ2n) is 5.53. The molecule has 2 aromatic carbocycles. The first-order valence-electron chi connectivity index (χ1n) is 8.12. The lowest BCUT2D eigenvalue weighted by Gasteiger charge is -2.10. The number of thioether (sulfide) groups is 1. The Bertz CT molecular complexity index is 867. The van der Waals surface area contributed by atoms with Gasteiger partial charge in [0.25, 0.3) is 0 Å². The topological polar surface area (TPSA) is 77.3 Å². The molecule has 134 valence electrons. The summed E-state index contributed by atoms with van der Waals surface area (Å²) < 4.78 is 10.4. The van der Waals surface area contributed by atoms with Crippen molar-refractivity contribution >= 4 is 17.7 Å². The Kier molecular flexibility index (Phi) is 5.91. The highest BCUT2D eigenvalue weighted by Crippen LogP contribution is 2.23. The van der Waals surface area contributed by atoms with Gasteiger partial charge in [0, 0.05) is 10.5 Å². The molecule has 1 heterocycles. The van der Waals surface area contributed by atoms with E-state index in [0.717, 1.165) is 10.5 Å². The predicted molar refractivity (Wildman–Crippen MR) is 99.9 cm³/mol. The van der Waals surface area contributed by atoms with Crippen LogP contribution >= 0.6 is 11.8 Å². The maximum atomic E-state index is 12.2. The van der Waals surface area contributed by atoms with Crippen molar-refractivity contribution in [3.05, 3.63) is 60.5 Å². The van der Waals surface area contributed by atoms with Crippen LogP contribution in [-0.4, -0.2) is 28.4 Å². The average Bonchev–Trinajstić information content (AvgIpc) is 3.16. The van der Waals surface area contributed by atoms with E-state index < -0.39 is 0 Å². The van der Waals surface area contributed by atoms with E-state index in [1.54, 1.807) is 7.11 Å². The van der Waals surface area contributed by atoms with Crippen LogP contribution in [0, 0.1) is 0 Å². The van der Waals surface area contributed by atoms with Gasteiger partial charge in [-0.05, 0) is 31.2 Å². The van der Waals surface area contributed by atoms with Gasteiger partial charge in [-0.15, -0.1) is 11.8 Å². The van der Waals surface area contributed by atoms with E-state index >= 15 is 0 Å². The van der Waals surface area contributed by atoms with Gasteiger partial charge in [0.2, 0.25) is 17.6 Å². The van der Waals surface area contributed by atoms with Crippen molar-refractivity contribution in [2.45, 2.75) is 23.6 Å². The molecular formula is C19H19N3O3S. The number of carbonyl (C=O) groups excluding carboxylic acids is 1. The van der Waals surface area contributed by atoms with Crippen LogP contribution in [0.25, 0.3) is 11.4 Å². The SMILES string of the molecule is COc1cccc(-c2noc(CNC(=O)[C@@H](C)Sc3ccccc3)n2)c1. The molecule has 0 bridgehead atoms. The summed E-state index contributed by atoms with van der Waals surface area (Å²) in [7, 11) is 1.60. The molecule has 0 aliphatic carbocycles. The molecule has 1 N–H and O–H groups in total. The molecule has 0 unspecified atom stereocenters. The van der Waals surface area contributed by atoms with Gasteiger partial charge in [0.1, 0.15) is 5.75 Å². The summed E-state index contributed by atoms with van der Waals surface area (Å²) in [4.78, 5) is 17.6. The molecule has 1 atom stereocenters. The number of nitrogens with zero attached hydrogens (tertiary/aromatic N) is 2. The zero-order chi connectivity index (χ0) is 18.4. The molecule has 6 nitrogen and oxygen atoms in total. The summed E-state index contributed by atoms with van der Waals surface area (Å²) in [5, 5.41) is 6.56. The average molecular weight is 369 g/mol. The minimum atomic E-state index is -0.224. The summed E-state index contributed by atoms with van der Waals surface area (Å²) in [6.07, 6.45) is 0. The van der Waals surface area contributed by atoms with E-state index in [2.05, 4.69) is 15.5 Å². The molecule has 0 aliphatic rings. The van der Waals surface area contributed by atoms with E-state index in [1.165, 1.54) is 11.8 Å². The maximum absolute atomic E-state index is 12.2. The summed E-state index contributed by atoms with van der Waals surface area (Å²) >= 11 is 1.50. The van der Waals surface area contributed by atoms with Crippen LogP contribution in [0.5, 0.6) is 5.75 Å². The number of nitrogens with one attached hydrogen (secondary N) is 1. The Morgan fingerprint density at radius 1 is 1.23 bits per heavy atom. The molecule has 0 radical (unpaired) electrons. The lowest BCUT2D eigenvalue weighted by molar-refractivity contribution is -0.120. The first kappa shape index (κ1) is 18.0. The lowest BCUT2D eigenvalue weighted by Crippen LogP contribution is -2.30. The standard InChI is InChI=1S/C19H19N3O3S/c1-13(26-16-9-4-3-5-10-16)19(23)20-12-17-21-18(22-25-17)14-7-6-8-15(11-14)24-2/h3-11,13H,12H2,1-2H3,(H,20,23)/t13-/m1/s1. The van der Waals surface area contributed by atoms with Crippen LogP contribution < -0.4 is 10.1 Å². The molecule has 7 heteroatoms. The molecule has 0 aliphatic heterocycles. The molecule has 3 rings (SSSR count). The lowest BCUT2D eigenvalue weighted by atomic mass is 10.2. The van der Waals surface area contributed by atoms with E-state index in [1.807, 2.05) is 61.5 Å². The third kappa shape index (κ3) is 4.64. The van der Waals surface area contributed by atoms with Crippen LogP contribution in [0.2, 0.25) is 0 Å². The highest BCUT2D eigenvalue weighted by atomic mass is 32.2. The quantitative estimate of drug-likeness (QED) is 0.642. The molecule has 1 amide bonds. The van der Waals surface area contributed by atoms with E-state index in [4.69, 9.17) is 9.26 Å². The highest BCUT2D eigenvalue weighted by Gasteiger charge is 2.16. The smallest absolute Gasteiger partial charge is 0.246 e. The highest BCUT2D eigenvalue weighted by molar-refractivity contribution is 8.00. The Labute approximate surface area is 156 Å². The van der Waals surface area contributed by atoms with Crippen LogP contribution in [0.4, 0.5) is 0 Å². The summed E-state index contributed by atoms with van der Waals surface area (Å²) in [5.41, 5.74) is 0.790. The molecule has 3 aromatic rings. The number of hydrogen-bond donors (Lipinski definition) is 1. The zero-order valence-electron chi connectivity index (χ0n) is 14.5. The monoisotopic (exact) mass is 369 g/mol. The Morgan fingerprint density at radius 3 is 2.81 bits per heavy atom. The summed E-state index contributed by atoms with van der Waals surface area (Å²) in [5.74, 6) is 1.45. The largest absolute Gasteiger partial charge is 0.497 e. The van der Waals surface area contributed by atoms with E-state index in [0.29, 0.717) is 17.5 Å². The minimum Gasteiger partial charge on any atom is -0.497 e. The number of amides is 1. The fourth-order valence-corrected chi connectivity index (χ4v) is 3.18. The Balaban J connectivity index is 1.56. The van der Waals surface area contributed by atoms with Gasteiger partial charge in [-0.25, -0.2) is 0 Å². The second kappa shape index (κ2) is 8.53. The van der Waals surface area contributed by atoms with Crippen molar-refractivity contribution in [2.24, 2.45) is 0 Å². The number of aromatic nitrogens is 2. The van der Waals surface area contributed by atoms with Crippen LogP contribution in [0.1, 0.15) is 12.8 Å².